The zero-order valence-corrected chi connectivity index (χ0v) is 11.6. The lowest BCUT2D eigenvalue weighted by molar-refractivity contribution is 0.0955. The molecule has 0 radical (unpaired) electrons. The van der Waals surface area contributed by atoms with Gasteiger partial charge in [-0.25, -0.2) is 5.43 Å². The molecule has 1 aromatic carbocycles. The first-order valence-corrected chi connectivity index (χ1v) is 6.50. The third-order valence-electron chi connectivity index (χ3n) is 2.93. The van der Waals surface area contributed by atoms with Gasteiger partial charge in [0.2, 0.25) is 0 Å². The summed E-state index contributed by atoms with van der Waals surface area (Å²) in [6.45, 7) is 4.24. The van der Waals surface area contributed by atoms with Crippen molar-refractivity contribution in [3.8, 4) is 0 Å². The Morgan fingerprint density at radius 3 is 2.40 bits per heavy atom. The highest BCUT2D eigenvalue weighted by atomic mass is 16.2. The van der Waals surface area contributed by atoms with E-state index < -0.39 is 0 Å². The number of hydrogen-bond acceptors (Lipinski definition) is 3. The number of hydrazone groups is 1. The first-order chi connectivity index (χ1) is 9.66. The van der Waals surface area contributed by atoms with Crippen LogP contribution in [-0.4, -0.2) is 17.1 Å². The van der Waals surface area contributed by atoms with Crippen LogP contribution in [0.15, 0.2) is 53.9 Å². The van der Waals surface area contributed by atoms with Gasteiger partial charge >= 0.3 is 0 Å². The second-order valence-electron chi connectivity index (χ2n) is 4.76. The maximum absolute atomic E-state index is 11.9. The minimum Gasteiger partial charge on any atom is -0.267 e. The highest BCUT2D eigenvalue weighted by molar-refractivity contribution is 5.94. The molecule has 0 saturated carbocycles. The van der Waals surface area contributed by atoms with Gasteiger partial charge in [-0.1, -0.05) is 26.0 Å². The van der Waals surface area contributed by atoms with Gasteiger partial charge < -0.3 is 0 Å². The van der Waals surface area contributed by atoms with Gasteiger partial charge in [-0.15, -0.1) is 0 Å². The highest BCUT2D eigenvalue weighted by Gasteiger charge is 2.05. The van der Waals surface area contributed by atoms with Gasteiger partial charge in [0.15, 0.2) is 0 Å². The van der Waals surface area contributed by atoms with Crippen molar-refractivity contribution in [1.29, 1.82) is 0 Å². The van der Waals surface area contributed by atoms with Crippen molar-refractivity contribution in [2.75, 3.05) is 0 Å². The summed E-state index contributed by atoms with van der Waals surface area (Å²) in [6, 6.07) is 11.2. The predicted octanol–water partition coefficient (Wildman–Crippen LogP) is 2.97. The average Bonchev–Trinajstić information content (AvgIpc) is 2.48. The van der Waals surface area contributed by atoms with Gasteiger partial charge in [0.25, 0.3) is 5.91 Å². The lowest BCUT2D eigenvalue weighted by Crippen LogP contribution is -2.17. The normalized spacial score (nSPS) is 10.9. The third kappa shape index (κ3) is 3.75. The Morgan fingerprint density at radius 1 is 1.15 bits per heavy atom. The Morgan fingerprint density at radius 2 is 1.80 bits per heavy atom. The molecular weight excluding hydrogens is 250 g/mol. The molecule has 0 atom stereocenters. The van der Waals surface area contributed by atoms with Crippen LogP contribution in [0.4, 0.5) is 0 Å². The number of rotatable bonds is 4. The van der Waals surface area contributed by atoms with E-state index in [1.165, 1.54) is 5.56 Å². The fourth-order valence-corrected chi connectivity index (χ4v) is 1.70. The molecule has 0 spiro atoms. The standard InChI is InChI=1S/C16H17N3O/c1-12(2)14-3-5-15(6-4-14)16(20)19-18-11-13-7-9-17-10-8-13/h3-12H,1-2H3,(H,19,20). The van der Waals surface area contributed by atoms with Gasteiger partial charge in [-0.3, -0.25) is 9.78 Å². The Bertz CT molecular complexity index is 589. The Labute approximate surface area is 118 Å². The van der Waals surface area contributed by atoms with Crippen LogP contribution in [0, 0.1) is 0 Å². The van der Waals surface area contributed by atoms with Crippen LogP contribution >= 0.6 is 0 Å². The summed E-state index contributed by atoms with van der Waals surface area (Å²) in [4.78, 5) is 15.8. The smallest absolute Gasteiger partial charge is 0.267 e. The number of hydrogen-bond donors (Lipinski definition) is 1. The number of aromatic nitrogens is 1. The summed E-state index contributed by atoms with van der Waals surface area (Å²) in [5.74, 6) is 0.238. The van der Waals surface area contributed by atoms with Crippen molar-refractivity contribution in [3.05, 3.63) is 65.5 Å². The summed E-state index contributed by atoms with van der Waals surface area (Å²) >= 11 is 0. The Kier molecular flexibility index (Phi) is 4.60. The maximum Gasteiger partial charge on any atom is 0.271 e. The molecule has 4 nitrogen and oxygen atoms in total. The molecule has 0 unspecified atom stereocenters. The molecule has 0 aliphatic rings. The summed E-state index contributed by atoms with van der Waals surface area (Å²) in [5.41, 5.74) is 5.20. The van der Waals surface area contributed by atoms with Crippen molar-refractivity contribution in [1.82, 2.24) is 10.4 Å². The van der Waals surface area contributed by atoms with E-state index in [9.17, 15) is 4.79 Å². The monoisotopic (exact) mass is 267 g/mol. The molecule has 2 rings (SSSR count). The number of nitrogens with one attached hydrogen (secondary N) is 1. The zero-order valence-electron chi connectivity index (χ0n) is 11.6. The Balaban J connectivity index is 1.96. The minimum absolute atomic E-state index is 0.217. The van der Waals surface area contributed by atoms with Crippen LogP contribution in [-0.2, 0) is 0 Å². The fraction of sp³-hybridized carbons (Fsp3) is 0.188. The molecule has 102 valence electrons. The quantitative estimate of drug-likeness (QED) is 0.684. The number of carbonyl (C=O) groups excluding carboxylic acids is 1. The van der Waals surface area contributed by atoms with E-state index in [4.69, 9.17) is 0 Å². The van der Waals surface area contributed by atoms with E-state index in [2.05, 4.69) is 29.4 Å². The van der Waals surface area contributed by atoms with Crippen molar-refractivity contribution in [3.63, 3.8) is 0 Å². The number of carbonyl (C=O) groups is 1. The summed E-state index contributed by atoms with van der Waals surface area (Å²) in [7, 11) is 0. The molecule has 1 amide bonds. The van der Waals surface area contributed by atoms with Crippen LogP contribution in [0.25, 0.3) is 0 Å². The molecule has 1 heterocycles. The van der Waals surface area contributed by atoms with Gasteiger partial charge in [0, 0.05) is 18.0 Å². The number of benzene rings is 1. The van der Waals surface area contributed by atoms with Gasteiger partial charge in [-0.05, 0) is 41.3 Å². The average molecular weight is 267 g/mol. The third-order valence-corrected chi connectivity index (χ3v) is 2.93. The van der Waals surface area contributed by atoms with Gasteiger partial charge in [-0.2, -0.15) is 5.10 Å². The van der Waals surface area contributed by atoms with Crippen LogP contribution in [0.3, 0.4) is 0 Å². The maximum atomic E-state index is 11.9. The molecule has 0 fully saturated rings. The molecular formula is C16H17N3O. The highest BCUT2D eigenvalue weighted by Crippen LogP contribution is 2.14. The first-order valence-electron chi connectivity index (χ1n) is 6.50. The number of pyridine rings is 1. The van der Waals surface area contributed by atoms with Crippen LogP contribution in [0.1, 0.15) is 41.3 Å². The lowest BCUT2D eigenvalue weighted by Gasteiger charge is -2.05. The second kappa shape index (κ2) is 6.61. The molecule has 1 aromatic heterocycles. The lowest BCUT2D eigenvalue weighted by atomic mass is 10.0. The van der Waals surface area contributed by atoms with E-state index >= 15 is 0 Å². The van der Waals surface area contributed by atoms with Crippen molar-refractivity contribution in [2.45, 2.75) is 19.8 Å². The SMILES string of the molecule is CC(C)c1ccc(C(=O)NN=Cc2ccncc2)cc1. The number of amides is 1. The minimum atomic E-state index is -0.217. The van der Waals surface area contributed by atoms with Crippen molar-refractivity contribution in [2.24, 2.45) is 5.10 Å². The van der Waals surface area contributed by atoms with Crippen LogP contribution < -0.4 is 5.43 Å². The van der Waals surface area contributed by atoms with E-state index in [0.717, 1.165) is 5.56 Å². The molecule has 0 aliphatic heterocycles. The van der Waals surface area contributed by atoms with E-state index in [1.54, 1.807) is 18.6 Å². The van der Waals surface area contributed by atoms with Crippen LogP contribution in [0.2, 0.25) is 0 Å². The molecule has 4 heteroatoms. The molecule has 1 N–H and O–H groups in total. The van der Waals surface area contributed by atoms with Crippen molar-refractivity contribution >= 4 is 12.1 Å². The van der Waals surface area contributed by atoms with E-state index in [1.807, 2.05) is 36.4 Å². The second-order valence-corrected chi connectivity index (χ2v) is 4.76. The molecule has 20 heavy (non-hydrogen) atoms. The van der Waals surface area contributed by atoms with Gasteiger partial charge in [0.05, 0.1) is 6.21 Å². The topological polar surface area (TPSA) is 54.4 Å². The predicted molar refractivity (Wildman–Crippen MR) is 79.8 cm³/mol. The first kappa shape index (κ1) is 13.9. The molecule has 0 bridgehead atoms. The van der Waals surface area contributed by atoms with E-state index in [-0.39, 0.29) is 5.91 Å². The van der Waals surface area contributed by atoms with E-state index in [0.29, 0.717) is 11.5 Å². The number of nitrogens with zero attached hydrogens (tertiary/aromatic N) is 2. The van der Waals surface area contributed by atoms with Gasteiger partial charge in [0.1, 0.15) is 0 Å². The Hall–Kier alpha value is -2.49. The molecule has 2 aromatic rings. The molecule has 0 aliphatic carbocycles. The van der Waals surface area contributed by atoms with Crippen LogP contribution in [0.5, 0.6) is 0 Å². The zero-order chi connectivity index (χ0) is 14.4. The fourth-order valence-electron chi connectivity index (χ4n) is 1.70. The summed E-state index contributed by atoms with van der Waals surface area (Å²) < 4.78 is 0. The molecule has 0 saturated heterocycles. The summed E-state index contributed by atoms with van der Waals surface area (Å²) in [5, 5.41) is 3.92. The largest absolute Gasteiger partial charge is 0.271 e. The summed E-state index contributed by atoms with van der Waals surface area (Å²) in [6.07, 6.45) is 4.93. The van der Waals surface area contributed by atoms with Crippen molar-refractivity contribution < 1.29 is 4.79 Å².